The molecule has 1 aromatic rings. The molecule has 2 atom stereocenters. The van der Waals surface area contributed by atoms with Crippen molar-refractivity contribution in [3.8, 4) is 5.75 Å². The van der Waals surface area contributed by atoms with Crippen LogP contribution in [0, 0.1) is 5.92 Å². The van der Waals surface area contributed by atoms with Crippen molar-refractivity contribution in [1.29, 1.82) is 0 Å². The fourth-order valence-electron chi connectivity index (χ4n) is 1.92. The number of hydrogen-bond donors (Lipinski definition) is 1. The molecule has 0 amide bonds. The first-order valence-corrected chi connectivity index (χ1v) is 7.05. The molecule has 0 saturated carbocycles. The summed E-state index contributed by atoms with van der Waals surface area (Å²) in [7, 11) is 1.93. The summed E-state index contributed by atoms with van der Waals surface area (Å²) >= 11 is 6.26. The van der Waals surface area contributed by atoms with Gasteiger partial charge >= 0.3 is 0 Å². The normalized spacial score (nSPS) is 14.3. The summed E-state index contributed by atoms with van der Waals surface area (Å²) in [5.74, 6) is 1.44. The molecule has 18 heavy (non-hydrogen) atoms. The smallest absolute Gasteiger partial charge is 0.120 e. The van der Waals surface area contributed by atoms with E-state index in [2.05, 4.69) is 26.1 Å². The predicted molar refractivity (Wildman–Crippen MR) is 78.5 cm³/mol. The van der Waals surface area contributed by atoms with Gasteiger partial charge in [0.15, 0.2) is 0 Å². The van der Waals surface area contributed by atoms with E-state index in [0.29, 0.717) is 5.92 Å². The molecule has 0 aliphatic carbocycles. The summed E-state index contributed by atoms with van der Waals surface area (Å²) in [6.07, 6.45) is 2.40. The van der Waals surface area contributed by atoms with Crippen LogP contribution < -0.4 is 10.1 Å². The Morgan fingerprint density at radius 3 is 2.61 bits per heavy atom. The van der Waals surface area contributed by atoms with Gasteiger partial charge in [-0.05, 0) is 44.0 Å². The second kappa shape index (κ2) is 7.65. The van der Waals surface area contributed by atoms with Crippen LogP contribution in [0.4, 0.5) is 0 Å². The van der Waals surface area contributed by atoms with Crippen LogP contribution in [0.25, 0.3) is 0 Å². The molecule has 1 aromatic carbocycles. The van der Waals surface area contributed by atoms with E-state index >= 15 is 0 Å². The number of halogens is 1. The lowest BCUT2D eigenvalue weighted by atomic mass is 10.1. The topological polar surface area (TPSA) is 21.3 Å². The third-order valence-corrected chi connectivity index (χ3v) is 3.51. The van der Waals surface area contributed by atoms with Crippen molar-refractivity contribution in [2.24, 2.45) is 5.92 Å². The maximum Gasteiger partial charge on any atom is 0.120 e. The largest absolute Gasteiger partial charge is 0.493 e. The van der Waals surface area contributed by atoms with E-state index in [-0.39, 0.29) is 6.04 Å². The number of hydrogen-bond acceptors (Lipinski definition) is 2. The molecule has 1 rings (SSSR count). The molecule has 102 valence electrons. The van der Waals surface area contributed by atoms with Crippen molar-refractivity contribution in [3.63, 3.8) is 0 Å². The Balaban J connectivity index is 2.61. The van der Waals surface area contributed by atoms with Gasteiger partial charge in [0.25, 0.3) is 0 Å². The highest BCUT2D eigenvalue weighted by Gasteiger charge is 2.09. The Labute approximate surface area is 116 Å². The van der Waals surface area contributed by atoms with Crippen molar-refractivity contribution in [2.75, 3.05) is 13.7 Å². The van der Waals surface area contributed by atoms with Crippen LogP contribution in [0.1, 0.15) is 45.2 Å². The van der Waals surface area contributed by atoms with Gasteiger partial charge in [-0.1, -0.05) is 37.9 Å². The van der Waals surface area contributed by atoms with Gasteiger partial charge in [0.05, 0.1) is 6.61 Å². The third-order valence-electron chi connectivity index (χ3n) is 3.19. The standard InChI is InChI=1S/C15H24ClNO/c1-5-6-11(2)10-18-13-7-8-14(12(3)17-4)15(16)9-13/h7-9,11-12,17H,5-6,10H2,1-4H3. The Morgan fingerprint density at radius 2 is 2.06 bits per heavy atom. The summed E-state index contributed by atoms with van der Waals surface area (Å²) in [5.41, 5.74) is 1.10. The van der Waals surface area contributed by atoms with E-state index in [9.17, 15) is 0 Å². The Bertz CT molecular complexity index is 368. The molecular formula is C15H24ClNO. The highest BCUT2D eigenvalue weighted by atomic mass is 35.5. The molecule has 0 fully saturated rings. The molecular weight excluding hydrogens is 246 g/mol. The predicted octanol–water partition coefficient (Wildman–Crippen LogP) is 4.44. The van der Waals surface area contributed by atoms with Gasteiger partial charge in [-0.25, -0.2) is 0 Å². The average Bonchev–Trinajstić information content (AvgIpc) is 2.36. The Morgan fingerprint density at radius 1 is 1.33 bits per heavy atom. The quantitative estimate of drug-likeness (QED) is 0.790. The molecule has 2 unspecified atom stereocenters. The van der Waals surface area contributed by atoms with E-state index in [4.69, 9.17) is 16.3 Å². The van der Waals surface area contributed by atoms with E-state index < -0.39 is 0 Å². The van der Waals surface area contributed by atoms with Crippen LogP contribution in [0.3, 0.4) is 0 Å². The molecule has 0 spiro atoms. The molecule has 0 radical (unpaired) electrons. The lowest BCUT2D eigenvalue weighted by Gasteiger charge is -2.15. The van der Waals surface area contributed by atoms with Crippen molar-refractivity contribution in [3.05, 3.63) is 28.8 Å². The molecule has 3 heteroatoms. The lowest BCUT2D eigenvalue weighted by Crippen LogP contribution is -2.13. The summed E-state index contributed by atoms with van der Waals surface area (Å²) in [4.78, 5) is 0. The van der Waals surface area contributed by atoms with Gasteiger partial charge < -0.3 is 10.1 Å². The SMILES string of the molecule is CCCC(C)COc1ccc(C(C)NC)c(Cl)c1. The van der Waals surface area contributed by atoms with E-state index in [1.807, 2.05) is 25.2 Å². The van der Waals surface area contributed by atoms with E-state index in [1.165, 1.54) is 12.8 Å². The van der Waals surface area contributed by atoms with Crippen LogP contribution in [0.5, 0.6) is 5.75 Å². The maximum absolute atomic E-state index is 6.26. The lowest BCUT2D eigenvalue weighted by molar-refractivity contribution is 0.251. The summed E-state index contributed by atoms with van der Waals surface area (Å²) in [6.45, 7) is 7.25. The van der Waals surface area contributed by atoms with Gasteiger partial charge in [0.2, 0.25) is 0 Å². The van der Waals surface area contributed by atoms with Gasteiger partial charge in [0, 0.05) is 11.1 Å². The summed E-state index contributed by atoms with van der Waals surface area (Å²) in [6, 6.07) is 6.19. The van der Waals surface area contributed by atoms with Crippen LogP contribution in [0.15, 0.2) is 18.2 Å². The minimum absolute atomic E-state index is 0.255. The zero-order chi connectivity index (χ0) is 13.5. The van der Waals surface area contributed by atoms with E-state index in [0.717, 1.165) is 22.9 Å². The van der Waals surface area contributed by atoms with Gasteiger partial charge in [-0.2, -0.15) is 0 Å². The highest BCUT2D eigenvalue weighted by molar-refractivity contribution is 6.31. The molecule has 0 aliphatic rings. The number of benzene rings is 1. The first-order chi connectivity index (χ1) is 8.58. The van der Waals surface area contributed by atoms with Crippen molar-refractivity contribution in [2.45, 2.75) is 39.7 Å². The van der Waals surface area contributed by atoms with Crippen LogP contribution in [-0.4, -0.2) is 13.7 Å². The highest BCUT2D eigenvalue weighted by Crippen LogP contribution is 2.27. The maximum atomic E-state index is 6.26. The van der Waals surface area contributed by atoms with Crippen molar-refractivity contribution in [1.82, 2.24) is 5.32 Å². The van der Waals surface area contributed by atoms with E-state index in [1.54, 1.807) is 0 Å². The summed E-state index contributed by atoms with van der Waals surface area (Å²) < 4.78 is 5.76. The second-order valence-corrected chi connectivity index (χ2v) is 5.31. The Kier molecular flexibility index (Phi) is 6.51. The molecule has 0 aromatic heterocycles. The molecule has 0 aliphatic heterocycles. The van der Waals surface area contributed by atoms with Gasteiger partial charge in [-0.15, -0.1) is 0 Å². The fraction of sp³-hybridized carbons (Fsp3) is 0.600. The van der Waals surface area contributed by atoms with Crippen LogP contribution in [0.2, 0.25) is 5.02 Å². The number of nitrogens with one attached hydrogen (secondary N) is 1. The molecule has 0 heterocycles. The third kappa shape index (κ3) is 4.51. The van der Waals surface area contributed by atoms with Crippen molar-refractivity contribution < 1.29 is 4.74 Å². The van der Waals surface area contributed by atoms with Crippen LogP contribution >= 0.6 is 11.6 Å². The number of rotatable bonds is 7. The molecule has 2 nitrogen and oxygen atoms in total. The molecule has 0 bridgehead atoms. The first-order valence-electron chi connectivity index (χ1n) is 6.68. The monoisotopic (exact) mass is 269 g/mol. The minimum atomic E-state index is 0.255. The zero-order valence-corrected chi connectivity index (χ0v) is 12.6. The Hall–Kier alpha value is -0.730. The zero-order valence-electron chi connectivity index (χ0n) is 11.8. The van der Waals surface area contributed by atoms with Crippen LogP contribution in [-0.2, 0) is 0 Å². The first kappa shape index (κ1) is 15.3. The second-order valence-electron chi connectivity index (χ2n) is 4.90. The summed E-state index contributed by atoms with van der Waals surface area (Å²) in [5, 5.41) is 3.94. The van der Waals surface area contributed by atoms with Crippen molar-refractivity contribution >= 4 is 11.6 Å². The average molecular weight is 270 g/mol. The molecule has 1 N–H and O–H groups in total. The molecule has 0 saturated heterocycles. The minimum Gasteiger partial charge on any atom is -0.493 e. The fourth-order valence-corrected chi connectivity index (χ4v) is 2.25. The van der Waals surface area contributed by atoms with Gasteiger partial charge in [-0.3, -0.25) is 0 Å². The van der Waals surface area contributed by atoms with Gasteiger partial charge in [0.1, 0.15) is 5.75 Å². The number of ether oxygens (including phenoxy) is 1.